The molecule has 1 spiro atoms. The predicted octanol–water partition coefficient (Wildman–Crippen LogP) is 2.35. The maximum Gasteiger partial charge on any atom is 0.231 e. The maximum atomic E-state index is 13.5. The number of carbonyl (C=O) groups excluding carboxylic acids is 2. The number of rotatable bonds is 6. The molecule has 6 rings (SSSR count). The number of methoxy groups -OCH3 is 2. The SMILES string of the molecule is COc1ccc(NC(=O)C2[C@@H]3C=C[C@@]4(CN(Cc5ccc6c(c5)OCO6)C(=O)[C@@H]24)O3)cc1OC. The van der Waals surface area contributed by atoms with Crippen molar-refractivity contribution in [2.75, 3.05) is 32.9 Å². The molecule has 0 radical (unpaired) electrons. The molecule has 2 saturated heterocycles. The molecule has 4 aliphatic heterocycles. The average molecular weight is 464 g/mol. The van der Waals surface area contributed by atoms with Crippen LogP contribution in [-0.4, -0.2) is 56.0 Å². The fraction of sp³-hybridized carbons (Fsp3) is 0.360. The third kappa shape index (κ3) is 3.11. The summed E-state index contributed by atoms with van der Waals surface area (Å²) in [5, 5.41) is 2.93. The maximum absolute atomic E-state index is 13.5. The van der Waals surface area contributed by atoms with Crippen molar-refractivity contribution in [1.29, 1.82) is 0 Å². The summed E-state index contributed by atoms with van der Waals surface area (Å²) in [7, 11) is 3.09. The first kappa shape index (κ1) is 20.9. The Morgan fingerprint density at radius 1 is 1.12 bits per heavy atom. The molecule has 0 aromatic heterocycles. The van der Waals surface area contributed by atoms with Crippen LogP contribution in [0.1, 0.15) is 5.56 Å². The second-order valence-corrected chi connectivity index (χ2v) is 8.84. The molecule has 1 N–H and O–H groups in total. The number of ether oxygens (including phenoxy) is 5. The largest absolute Gasteiger partial charge is 0.493 e. The fourth-order valence-corrected chi connectivity index (χ4v) is 5.41. The minimum atomic E-state index is -0.780. The van der Waals surface area contributed by atoms with Gasteiger partial charge in [0.1, 0.15) is 5.60 Å². The van der Waals surface area contributed by atoms with E-state index in [1.807, 2.05) is 30.4 Å². The monoisotopic (exact) mass is 464 g/mol. The minimum Gasteiger partial charge on any atom is -0.493 e. The second-order valence-electron chi connectivity index (χ2n) is 8.84. The average Bonchev–Trinajstić information content (AvgIpc) is 3.60. The lowest BCUT2D eigenvalue weighted by Gasteiger charge is -2.23. The van der Waals surface area contributed by atoms with E-state index >= 15 is 0 Å². The van der Waals surface area contributed by atoms with E-state index in [-0.39, 0.29) is 18.6 Å². The van der Waals surface area contributed by atoms with Gasteiger partial charge >= 0.3 is 0 Å². The van der Waals surface area contributed by atoms with Crippen molar-refractivity contribution < 1.29 is 33.3 Å². The molecular formula is C25H24N2O7. The number of benzene rings is 2. The van der Waals surface area contributed by atoms with Gasteiger partial charge < -0.3 is 33.9 Å². The molecule has 2 fully saturated rings. The lowest BCUT2D eigenvalue weighted by Crippen LogP contribution is -2.41. The van der Waals surface area contributed by atoms with Crippen molar-refractivity contribution in [3.05, 3.63) is 54.1 Å². The number of anilines is 1. The summed E-state index contributed by atoms with van der Waals surface area (Å²) in [4.78, 5) is 28.6. The van der Waals surface area contributed by atoms with Gasteiger partial charge in [-0.25, -0.2) is 0 Å². The van der Waals surface area contributed by atoms with Gasteiger partial charge in [-0.05, 0) is 29.8 Å². The van der Waals surface area contributed by atoms with Gasteiger partial charge in [0, 0.05) is 18.3 Å². The summed E-state index contributed by atoms with van der Waals surface area (Å²) in [6, 6.07) is 10.8. The Morgan fingerprint density at radius 2 is 1.94 bits per heavy atom. The highest BCUT2D eigenvalue weighted by molar-refractivity contribution is 5.99. The van der Waals surface area contributed by atoms with Crippen LogP contribution in [0.5, 0.6) is 23.0 Å². The molecule has 2 aromatic carbocycles. The molecule has 176 valence electrons. The third-order valence-electron chi connectivity index (χ3n) is 6.94. The number of carbonyl (C=O) groups is 2. The van der Waals surface area contributed by atoms with Crippen LogP contribution in [0.25, 0.3) is 0 Å². The Bertz CT molecular complexity index is 1210. The Balaban J connectivity index is 1.21. The van der Waals surface area contributed by atoms with Crippen LogP contribution < -0.4 is 24.3 Å². The number of hydrogen-bond acceptors (Lipinski definition) is 7. The van der Waals surface area contributed by atoms with Crippen LogP contribution in [0.2, 0.25) is 0 Å². The van der Waals surface area contributed by atoms with Gasteiger partial charge in [-0.15, -0.1) is 0 Å². The van der Waals surface area contributed by atoms with Crippen molar-refractivity contribution in [3.63, 3.8) is 0 Å². The van der Waals surface area contributed by atoms with E-state index in [1.54, 1.807) is 30.2 Å². The number of hydrogen-bond donors (Lipinski definition) is 1. The summed E-state index contributed by atoms with van der Waals surface area (Å²) in [5.74, 6) is 0.909. The zero-order valence-corrected chi connectivity index (χ0v) is 18.8. The van der Waals surface area contributed by atoms with Gasteiger partial charge in [0.15, 0.2) is 23.0 Å². The van der Waals surface area contributed by atoms with Crippen LogP contribution >= 0.6 is 0 Å². The Kier molecular flexibility index (Phi) is 4.70. The molecule has 4 aliphatic rings. The normalized spacial score (nSPS) is 27.8. The van der Waals surface area contributed by atoms with Crippen molar-refractivity contribution in [1.82, 2.24) is 4.90 Å². The molecule has 1 unspecified atom stereocenters. The number of likely N-dealkylation sites (tertiary alicyclic amines) is 1. The molecule has 0 aliphatic carbocycles. The van der Waals surface area contributed by atoms with Gasteiger partial charge in [-0.1, -0.05) is 18.2 Å². The van der Waals surface area contributed by atoms with Crippen LogP contribution in [-0.2, 0) is 20.9 Å². The number of amides is 2. The first-order valence-electron chi connectivity index (χ1n) is 11.1. The molecule has 2 bridgehead atoms. The molecule has 34 heavy (non-hydrogen) atoms. The smallest absolute Gasteiger partial charge is 0.231 e. The molecule has 9 nitrogen and oxygen atoms in total. The van der Waals surface area contributed by atoms with Crippen LogP contribution in [0.15, 0.2) is 48.6 Å². The van der Waals surface area contributed by atoms with Crippen LogP contribution in [0, 0.1) is 11.8 Å². The van der Waals surface area contributed by atoms with Gasteiger partial charge in [-0.3, -0.25) is 9.59 Å². The van der Waals surface area contributed by atoms with Gasteiger partial charge in [-0.2, -0.15) is 0 Å². The summed E-state index contributed by atoms with van der Waals surface area (Å²) in [5.41, 5.74) is 0.711. The van der Waals surface area contributed by atoms with E-state index < -0.39 is 23.5 Å². The van der Waals surface area contributed by atoms with Crippen molar-refractivity contribution >= 4 is 17.5 Å². The van der Waals surface area contributed by atoms with Crippen molar-refractivity contribution in [3.8, 4) is 23.0 Å². The summed E-state index contributed by atoms with van der Waals surface area (Å²) >= 11 is 0. The minimum absolute atomic E-state index is 0.0861. The quantitative estimate of drug-likeness (QED) is 0.656. The third-order valence-corrected chi connectivity index (χ3v) is 6.94. The molecule has 4 heterocycles. The highest BCUT2D eigenvalue weighted by Gasteiger charge is 2.66. The summed E-state index contributed by atoms with van der Waals surface area (Å²) < 4.78 is 27.6. The lowest BCUT2D eigenvalue weighted by molar-refractivity contribution is -0.136. The van der Waals surface area contributed by atoms with E-state index in [2.05, 4.69) is 5.32 Å². The molecule has 9 heteroatoms. The van der Waals surface area contributed by atoms with Crippen molar-refractivity contribution in [2.45, 2.75) is 18.2 Å². The molecule has 2 aromatic rings. The Labute approximate surface area is 196 Å². The molecule has 0 saturated carbocycles. The second kappa shape index (κ2) is 7.66. The summed E-state index contributed by atoms with van der Waals surface area (Å²) in [6.07, 6.45) is 3.41. The highest BCUT2D eigenvalue weighted by atomic mass is 16.7. The fourth-order valence-electron chi connectivity index (χ4n) is 5.41. The molecule has 2 amide bonds. The highest BCUT2D eigenvalue weighted by Crippen LogP contribution is 2.52. The van der Waals surface area contributed by atoms with Gasteiger partial charge in [0.2, 0.25) is 18.6 Å². The van der Waals surface area contributed by atoms with Crippen molar-refractivity contribution in [2.24, 2.45) is 11.8 Å². The number of nitrogens with one attached hydrogen (secondary N) is 1. The number of nitrogens with zero attached hydrogens (tertiary/aromatic N) is 1. The Hall–Kier alpha value is -3.72. The van der Waals surface area contributed by atoms with Crippen LogP contribution in [0.3, 0.4) is 0 Å². The van der Waals surface area contributed by atoms with E-state index in [4.69, 9.17) is 23.7 Å². The number of fused-ring (bicyclic) bond motifs is 2. The molecule has 4 atom stereocenters. The van der Waals surface area contributed by atoms with Gasteiger partial charge in [0.25, 0.3) is 0 Å². The van der Waals surface area contributed by atoms with E-state index in [0.29, 0.717) is 41.8 Å². The lowest BCUT2D eigenvalue weighted by atomic mass is 9.77. The predicted molar refractivity (Wildman–Crippen MR) is 120 cm³/mol. The van der Waals surface area contributed by atoms with E-state index in [1.165, 1.54) is 7.11 Å². The topological polar surface area (TPSA) is 95.6 Å². The van der Waals surface area contributed by atoms with E-state index in [0.717, 1.165) is 5.56 Å². The standard InChI is InChI=1S/C25H24N2O7/c1-30-16-6-4-15(10-19(16)31-2)26-23(28)21-18-7-8-25(34-18)12-27(24(29)22(21)25)11-14-3-5-17-20(9-14)33-13-32-17/h3-10,18,21-22H,11-13H2,1-2H3,(H,26,28)/t18-,21?,22+,25-/m0/s1. The zero-order valence-electron chi connectivity index (χ0n) is 18.8. The van der Waals surface area contributed by atoms with Crippen LogP contribution in [0.4, 0.5) is 5.69 Å². The first-order valence-corrected chi connectivity index (χ1v) is 11.1. The zero-order chi connectivity index (χ0) is 23.4. The summed E-state index contributed by atoms with van der Waals surface area (Å²) in [6.45, 7) is 1.00. The molecular weight excluding hydrogens is 440 g/mol. The first-order chi connectivity index (χ1) is 16.5. The van der Waals surface area contributed by atoms with E-state index in [9.17, 15) is 9.59 Å². The Morgan fingerprint density at radius 3 is 2.76 bits per heavy atom. The van der Waals surface area contributed by atoms with Gasteiger partial charge in [0.05, 0.1) is 38.7 Å².